The van der Waals surface area contributed by atoms with Gasteiger partial charge in [0.1, 0.15) is 5.76 Å². The van der Waals surface area contributed by atoms with Gasteiger partial charge < -0.3 is 14.9 Å². The number of ether oxygens (including phenoxy) is 1. The van der Waals surface area contributed by atoms with Crippen molar-refractivity contribution in [2.45, 2.75) is 12.5 Å². The van der Waals surface area contributed by atoms with E-state index in [1.54, 1.807) is 0 Å². The zero-order valence-corrected chi connectivity index (χ0v) is 6.65. The maximum Gasteiger partial charge on any atom is 0.341 e. The molecule has 1 aliphatic carbocycles. The van der Waals surface area contributed by atoms with Gasteiger partial charge >= 0.3 is 5.97 Å². The van der Waals surface area contributed by atoms with E-state index in [1.165, 1.54) is 19.3 Å². The normalized spacial score (nSPS) is 22.7. The van der Waals surface area contributed by atoms with Crippen LogP contribution in [0.4, 0.5) is 0 Å². The molecule has 4 nitrogen and oxygen atoms in total. The fourth-order valence-corrected chi connectivity index (χ4v) is 0.975. The predicted octanol–water partition coefficient (Wildman–Crippen LogP) is 0.292. The quantitative estimate of drug-likeness (QED) is 0.555. The lowest BCUT2D eigenvalue weighted by Crippen LogP contribution is -2.15. The van der Waals surface area contributed by atoms with Crippen LogP contribution < -0.4 is 0 Å². The molecule has 1 unspecified atom stereocenters. The zero-order valence-electron chi connectivity index (χ0n) is 6.65. The number of carbonyl (C=O) groups is 1. The standard InChI is InChI=1S/C8H10O4/c1-12-8(11)6-3-2-5(9)4-7(6)10/h2-3,5,9-10H,4H2,1H3. The summed E-state index contributed by atoms with van der Waals surface area (Å²) in [6.07, 6.45) is 2.15. The molecule has 0 aromatic carbocycles. The largest absolute Gasteiger partial charge is 0.511 e. The molecule has 0 saturated carbocycles. The third kappa shape index (κ3) is 1.65. The van der Waals surface area contributed by atoms with Gasteiger partial charge in [0.15, 0.2) is 0 Å². The average Bonchev–Trinajstić information content (AvgIpc) is 2.03. The Bertz CT molecular complexity index is 252. The van der Waals surface area contributed by atoms with Gasteiger partial charge in [-0.1, -0.05) is 6.08 Å². The lowest BCUT2D eigenvalue weighted by Gasteiger charge is -2.12. The molecule has 0 aromatic heterocycles. The van der Waals surface area contributed by atoms with E-state index in [0.29, 0.717) is 0 Å². The van der Waals surface area contributed by atoms with Crippen molar-refractivity contribution in [2.24, 2.45) is 0 Å². The van der Waals surface area contributed by atoms with Crippen LogP contribution in [-0.4, -0.2) is 29.4 Å². The predicted molar refractivity (Wildman–Crippen MR) is 41.4 cm³/mol. The lowest BCUT2D eigenvalue weighted by molar-refractivity contribution is -0.136. The Morgan fingerprint density at radius 3 is 2.92 bits per heavy atom. The smallest absolute Gasteiger partial charge is 0.341 e. The first-order valence-electron chi connectivity index (χ1n) is 3.52. The highest BCUT2D eigenvalue weighted by molar-refractivity contribution is 5.92. The van der Waals surface area contributed by atoms with Crippen molar-refractivity contribution in [1.29, 1.82) is 0 Å². The van der Waals surface area contributed by atoms with Crippen LogP contribution in [0.2, 0.25) is 0 Å². The maximum absolute atomic E-state index is 10.9. The van der Waals surface area contributed by atoms with Crippen molar-refractivity contribution >= 4 is 5.97 Å². The highest BCUT2D eigenvalue weighted by Crippen LogP contribution is 2.17. The number of esters is 1. The van der Waals surface area contributed by atoms with Crippen molar-refractivity contribution in [1.82, 2.24) is 0 Å². The van der Waals surface area contributed by atoms with Gasteiger partial charge in [0.2, 0.25) is 0 Å². The second-order valence-electron chi connectivity index (χ2n) is 2.48. The van der Waals surface area contributed by atoms with E-state index in [1.807, 2.05) is 0 Å². The van der Waals surface area contributed by atoms with E-state index >= 15 is 0 Å². The third-order valence-corrected chi connectivity index (χ3v) is 1.60. The van der Waals surface area contributed by atoms with Crippen LogP contribution >= 0.6 is 0 Å². The Morgan fingerprint density at radius 2 is 2.42 bits per heavy atom. The summed E-state index contributed by atoms with van der Waals surface area (Å²) in [7, 11) is 1.24. The molecule has 0 radical (unpaired) electrons. The first-order valence-corrected chi connectivity index (χ1v) is 3.52. The highest BCUT2D eigenvalue weighted by atomic mass is 16.5. The summed E-state index contributed by atoms with van der Waals surface area (Å²) >= 11 is 0. The molecule has 1 rings (SSSR count). The monoisotopic (exact) mass is 170 g/mol. The summed E-state index contributed by atoms with van der Waals surface area (Å²) in [6, 6.07) is 0. The molecule has 4 heteroatoms. The fraction of sp³-hybridized carbons (Fsp3) is 0.375. The van der Waals surface area contributed by atoms with Gasteiger partial charge in [0.25, 0.3) is 0 Å². The van der Waals surface area contributed by atoms with Crippen LogP contribution in [0.3, 0.4) is 0 Å². The van der Waals surface area contributed by atoms with Crippen LogP contribution in [0, 0.1) is 0 Å². The Kier molecular flexibility index (Phi) is 2.50. The summed E-state index contributed by atoms with van der Waals surface area (Å²) in [5, 5.41) is 18.2. The molecule has 66 valence electrons. The van der Waals surface area contributed by atoms with Crippen molar-refractivity contribution in [2.75, 3.05) is 7.11 Å². The molecule has 2 N–H and O–H groups in total. The molecule has 0 saturated heterocycles. The van der Waals surface area contributed by atoms with Gasteiger partial charge in [-0.25, -0.2) is 4.79 Å². The molecule has 1 atom stereocenters. The number of aliphatic hydroxyl groups is 2. The van der Waals surface area contributed by atoms with Crippen LogP contribution in [0.1, 0.15) is 6.42 Å². The topological polar surface area (TPSA) is 66.8 Å². The number of hydrogen-bond donors (Lipinski definition) is 2. The molecule has 1 aliphatic rings. The van der Waals surface area contributed by atoms with Gasteiger partial charge in [-0.05, 0) is 6.08 Å². The third-order valence-electron chi connectivity index (χ3n) is 1.60. The molecule has 0 fully saturated rings. The van der Waals surface area contributed by atoms with Crippen molar-refractivity contribution in [3.05, 3.63) is 23.5 Å². The minimum absolute atomic E-state index is 0.0704. The molecule has 0 aromatic rings. The summed E-state index contributed by atoms with van der Waals surface area (Å²) < 4.78 is 4.41. The Labute approximate surface area is 69.8 Å². The number of rotatable bonds is 1. The summed E-state index contributed by atoms with van der Waals surface area (Å²) in [4.78, 5) is 10.9. The zero-order chi connectivity index (χ0) is 9.14. The molecule has 0 spiro atoms. The van der Waals surface area contributed by atoms with E-state index < -0.39 is 12.1 Å². The van der Waals surface area contributed by atoms with Crippen molar-refractivity contribution < 1.29 is 19.7 Å². The van der Waals surface area contributed by atoms with Gasteiger partial charge in [-0.15, -0.1) is 0 Å². The van der Waals surface area contributed by atoms with Crippen LogP contribution in [0.15, 0.2) is 23.5 Å². The highest BCUT2D eigenvalue weighted by Gasteiger charge is 2.18. The van der Waals surface area contributed by atoms with Crippen LogP contribution in [0.25, 0.3) is 0 Å². The second kappa shape index (κ2) is 3.40. The Balaban J connectivity index is 2.84. The fourth-order valence-electron chi connectivity index (χ4n) is 0.975. The van der Waals surface area contributed by atoms with Gasteiger partial charge in [0.05, 0.1) is 18.8 Å². The molecule has 0 heterocycles. The van der Waals surface area contributed by atoms with E-state index in [0.717, 1.165) is 0 Å². The Hall–Kier alpha value is -1.29. The molecular formula is C8H10O4. The second-order valence-corrected chi connectivity index (χ2v) is 2.48. The minimum Gasteiger partial charge on any atom is -0.511 e. The number of carbonyl (C=O) groups excluding carboxylic acids is 1. The van der Waals surface area contributed by atoms with Crippen LogP contribution in [0.5, 0.6) is 0 Å². The van der Waals surface area contributed by atoms with Crippen molar-refractivity contribution in [3.8, 4) is 0 Å². The first-order chi connectivity index (χ1) is 5.65. The maximum atomic E-state index is 10.9. The average molecular weight is 170 g/mol. The molecule has 0 bridgehead atoms. The van der Waals surface area contributed by atoms with E-state index in [4.69, 9.17) is 5.11 Å². The summed E-state index contributed by atoms with van der Waals surface area (Å²) in [5.74, 6) is -0.715. The number of aliphatic hydroxyl groups excluding tert-OH is 2. The van der Waals surface area contributed by atoms with Gasteiger partial charge in [-0.2, -0.15) is 0 Å². The lowest BCUT2D eigenvalue weighted by atomic mass is 10.0. The van der Waals surface area contributed by atoms with E-state index in [9.17, 15) is 9.90 Å². The van der Waals surface area contributed by atoms with E-state index in [-0.39, 0.29) is 17.8 Å². The van der Waals surface area contributed by atoms with Gasteiger partial charge in [-0.3, -0.25) is 0 Å². The summed E-state index contributed by atoms with van der Waals surface area (Å²) in [6.45, 7) is 0. The van der Waals surface area contributed by atoms with Gasteiger partial charge in [0, 0.05) is 6.42 Å². The molecule has 0 amide bonds. The molecular weight excluding hydrogens is 160 g/mol. The number of methoxy groups -OCH3 is 1. The summed E-state index contributed by atoms with van der Waals surface area (Å²) in [5.41, 5.74) is 0.114. The van der Waals surface area contributed by atoms with E-state index in [2.05, 4.69) is 4.74 Å². The van der Waals surface area contributed by atoms with Crippen molar-refractivity contribution in [3.63, 3.8) is 0 Å². The number of hydrogen-bond acceptors (Lipinski definition) is 4. The first kappa shape index (κ1) is 8.80. The SMILES string of the molecule is COC(=O)C1=C(O)CC(O)C=C1. The minimum atomic E-state index is -0.710. The van der Waals surface area contributed by atoms with Crippen LogP contribution in [-0.2, 0) is 9.53 Å². The molecule has 12 heavy (non-hydrogen) atoms. The Morgan fingerprint density at radius 1 is 1.75 bits per heavy atom. The molecule has 0 aliphatic heterocycles.